The van der Waals surface area contributed by atoms with Gasteiger partial charge in [0.2, 0.25) is 0 Å². The molecule has 1 atom stereocenters. The van der Waals surface area contributed by atoms with Crippen molar-refractivity contribution in [2.24, 2.45) is 4.99 Å². The van der Waals surface area contributed by atoms with Crippen molar-refractivity contribution in [1.82, 2.24) is 4.57 Å². The first kappa shape index (κ1) is 25.7. The van der Waals surface area contributed by atoms with Crippen molar-refractivity contribution in [3.63, 3.8) is 0 Å². The molecule has 8 nitrogen and oxygen atoms in total. The standard InChI is InChI=1S/C26H25ClN2O6S/c1-15-21(25(31)35-13-12-32-2)22(17-9-5-6-10-18(17)27)29-24(30)20(36-26(29)28-15)14-16-8-7-11-19(33-3)23(16)34-4/h5-11,14,22H,12-13H2,1-4H3/b20-14-/t22-/m1/s1. The van der Waals surface area contributed by atoms with Gasteiger partial charge in [-0.25, -0.2) is 9.79 Å². The van der Waals surface area contributed by atoms with Gasteiger partial charge < -0.3 is 18.9 Å². The number of benzene rings is 2. The molecule has 1 aliphatic heterocycles. The number of methoxy groups -OCH3 is 3. The average molecular weight is 529 g/mol. The minimum atomic E-state index is -0.806. The number of aromatic nitrogens is 1. The van der Waals surface area contributed by atoms with E-state index in [-0.39, 0.29) is 24.3 Å². The smallest absolute Gasteiger partial charge is 0.338 e. The number of hydrogen-bond acceptors (Lipinski definition) is 8. The van der Waals surface area contributed by atoms with Crippen LogP contribution in [-0.4, -0.2) is 45.1 Å². The van der Waals surface area contributed by atoms with E-state index in [0.29, 0.717) is 42.7 Å². The van der Waals surface area contributed by atoms with Crippen LogP contribution < -0.4 is 24.4 Å². The van der Waals surface area contributed by atoms with E-state index in [1.54, 1.807) is 57.6 Å². The van der Waals surface area contributed by atoms with Crippen LogP contribution in [0.15, 0.2) is 63.5 Å². The Balaban J connectivity index is 1.93. The minimum Gasteiger partial charge on any atom is -0.493 e. The molecular weight excluding hydrogens is 504 g/mol. The van der Waals surface area contributed by atoms with Crippen LogP contribution in [0.3, 0.4) is 0 Å². The summed E-state index contributed by atoms with van der Waals surface area (Å²) in [4.78, 5) is 32.0. The van der Waals surface area contributed by atoms with Crippen LogP contribution in [0.2, 0.25) is 5.02 Å². The van der Waals surface area contributed by atoms with Crippen molar-refractivity contribution in [1.29, 1.82) is 0 Å². The number of halogens is 1. The van der Waals surface area contributed by atoms with Gasteiger partial charge in [-0.05, 0) is 30.7 Å². The topological polar surface area (TPSA) is 88.4 Å². The summed E-state index contributed by atoms with van der Waals surface area (Å²) in [5, 5.41) is 0.420. The molecule has 36 heavy (non-hydrogen) atoms. The van der Waals surface area contributed by atoms with Crippen molar-refractivity contribution < 1.29 is 23.7 Å². The number of ether oxygens (including phenoxy) is 4. The third-order valence-electron chi connectivity index (χ3n) is 5.68. The number of allylic oxidation sites excluding steroid dienone is 1. The summed E-state index contributed by atoms with van der Waals surface area (Å²) in [6.07, 6.45) is 1.73. The maximum absolute atomic E-state index is 13.8. The van der Waals surface area contributed by atoms with E-state index in [0.717, 1.165) is 0 Å². The molecule has 1 aliphatic rings. The van der Waals surface area contributed by atoms with Gasteiger partial charge in [0.25, 0.3) is 5.56 Å². The maximum Gasteiger partial charge on any atom is 0.338 e. The molecule has 0 spiro atoms. The van der Waals surface area contributed by atoms with Crippen molar-refractivity contribution in [2.75, 3.05) is 34.5 Å². The molecule has 0 N–H and O–H groups in total. The summed E-state index contributed by atoms with van der Waals surface area (Å²) >= 11 is 7.77. The van der Waals surface area contributed by atoms with Crippen LogP contribution in [0.25, 0.3) is 6.08 Å². The highest BCUT2D eigenvalue weighted by molar-refractivity contribution is 7.07. The van der Waals surface area contributed by atoms with Gasteiger partial charge >= 0.3 is 5.97 Å². The van der Waals surface area contributed by atoms with Crippen LogP contribution in [-0.2, 0) is 14.3 Å². The van der Waals surface area contributed by atoms with Gasteiger partial charge in [-0.3, -0.25) is 9.36 Å². The van der Waals surface area contributed by atoms with Crippen LogP contribution in [0.1, 0.15) is 24.1 Å². The lowest BCUT2D eigenvalue weighted by atomic mass is 9.96. The second-order valence-electron chi connectivity index (χ2n) is 7.81. The van der Waals surface area contributed by atoms with Gasteiger partial charge in [0.1, 0.15) is 12.6 Å². The third-order valence-corrected chi connectivity index (χ3v) is 7.01. The quantitative estimate of drug-likeness (QED) is 0.330. The number of fused-ring (bicyclic) bond motifs is 1. The van der Waals surface area contributed by atoms with Crippen molar-refractivity contribution >= 4 is 35.0 Å². The Kier molecular flexibility index (Phi) is 7.93. The molecule has 0 unspecified atom stereocenters. The molecule has 2 aromatic carbocycles. The number of hydrogen-bond donors (Lipinski definition) is 0. The lowest BCUT2D eigenvalue weighted by molar-refractivity contribution is -0.140. The Bertz CT molecular complexity index is 1510. The van der Waals surface area contributed by atoms with Gasteiger partial charge in [0.05, 0.1) is 36.6 Å². The van der Waals surface area contributed by atoms with Crippen LogP contribution in [0.5, 0.6) is 11.5 Å². The largest absolute Gasteiger partial charge is 0.493 e. The van der Waals surface area contributed by atoms with E-state index in [2.05, 4.69) is 4.99 Å². The van der Waals surface area contributed by atoms with Crippen LogP contribution >= 0.6 is 22.9 Å². The summed E-state index contributed by atoms with van der Waals surface area (Å²) in [6, 6.07) is 11.7. The molecule has 0 saturated heterocycles. The van der Waals surface area contributed by atoms with Crippen LogP contribution in [0, 0.1) is 0 Å². The summed E-state index contributed by atoms with van der Waals surface area (Å²) in [5.41, 5.74) is 1.65. The van der Waals surface area contributed by atoms with E-state index >= 15 is 0 Å². The lowest BCUT2D eigenvalue weighted by Gasteiger charge is -2.25. The van der Waals surface area contributed by atoms with E-state index in [4.69, 9.17) is 30.5 Å². The summed E-state index contributed by atoms with van der Waals surface area (Å²) in [6.45, 7) is 2.04. The highest BCUT2D eigenvalue weighted by Gasteiger charge is 2.34. The third kappa shape index (κ3) is 4.82. The predicted molar refractivity (Wildman–Crippen MR) is 138 cm³/mol. The number of nitrogens with zero attached hydrogens (tertiary/aromatic N) is 2. The fourth-order valence-corrected chi connectivity index (χ4v) is 5.31. The molecule has 0 fully saturated rings. The SMILES string of the molecule is COCCOC(=O)C1=C(C)N=c2s/c(=C\c3cccc(OC)c3OC)c(=O)n2[C@@H]1c1ccccc1Cl. The summed E-state index contributed by atoms with van der Waals surface area (Å²) in [7, 11) is 4.61. The first-order valence-corrected chi connectivity index (χ1v) is 12.2. The molecule has 4 rings (SSSR count). The second-order valence-corrected chi connectivity index (χ2v) is 9.23. The molecule has 10 heteroatoms. The zero-order chi connectivity index (χ0) is 25.8. The van der Waals surface area contributed by atoms with E-state index in [9.17, 15) is 9.59 Å². The van der Waals surface area contributed by atoms with Gasteiger partial charge in [-0.1, -0.05) is 53.3 Å². The van der Waals surface area contributed by atoms with Crippen molar-refractivity contribution in [3.05, 3.63) is 89.6 Å². The van der Waals surface area contributed by atoms with E-state index < -0.39 is 12.0 Å². The molecule has 0 saturated carbocycles. The Morgan fingerprint density at radius 1 is 1.11 bits per heavy atom. The second kappa shape index (κ2) is 11.1. The van der Waals surface area contributed by atoms with E-state index in [1.165, 1.54) is 23.0 Å². The molecule has 3 aromatic rings. The highest BCUT2D eigenvalue weighted by Crippen LogP contribution is 2.35. The number of carbonyl (C=O) groups excluding carboxylic acids is 1. The highest BCUT2D eigenvalue weighted by atomic mass is 35.5. The predicted octanol–water partition coefficient (Wildman–Crippen LogP) is 3.10. The number of rotatable bonds is 8. The normalized spacial score (nSPS) is 15.4. The molecule has 0 aliphatic carbocycles. The molecule has 2 heterocycles. The Morgan fingerprint density at radius 3 is 2.58 bits per heavy atom. The van der Waals surface area contributed by atoms with Gasteiger partial charge in [-0.2, -0.15) is 0 Å². The molecule has 1 aromatic heterocycles. The van der Waals surface area contributed by atoms with Gasteiger partial charge in [0.15, 0.2) is 16.3 Å². The molecule has 188 valence electrons. The summed E-state index contributed by atoms with van der Waals surface area (Å²) in [5.74, 6) is 0.471. The fourth-order valence-electron chi connectivity index (χ4n) is 4.04. The van der Waals surface area contributed by atoms with Crippen molar-refractivity contribution in [2.45, 2.75) is 13.0 Å². The minimum absolute atomic E-state index is 0.0708. The zero-order valence-electron chi connectivity index (χ0n) is 20.2. The number of thiazole rings is 1. The molecular formula is C26H25ClN2O6S. The number of esters is 1. The van der Waals surface area contributed by atoms with Gasteiger partial charge in [-0.15, -0.1) is 0 Å². The first-order chi connectivity index (χ1) is 17.4. The average Bonchev–Trinajstić information content (AvgIpc) is 3.17. The molecule has 0 radical (unpaired) electrons. The van der Waals surface area contributed by atoms with E-state index in [1.807, 2.05) is 12.1 Å². The fraction of sp³-hybridized carbons (Fsp3) is 0.269. The van der Waals surface area contributed by atoms with Crippen LogP contribution in [0.4, 0.5) is 0 Å². The van der Waals surface area contributed by atoms with Crippen molar-refractivity contribution in [3.8, 4) is 11.5 Å². The Hall–Kier alpha value is -3.40. The Morgan fingerprint density at radius 2 is 1.89 bits per heavy atom. The number of para-hydroxylation sites is 1. The summed E-state index contributed by atoms with van der Waals surface area (Å²) < 4.78 is 23.2. The number of carbonyl (C=O) groups is 1. The molecule has 0 bridgehead atoms. The van der Waals surface area contributed by atoms with Gasteiger partial charge in [0, 0.05) is 17.7 Å². The lowest BCUT2D eigenvalue weighted by Crippen LogP contribution is -2.40. The first-order valence-electron chi connectivity index (χ1n) is 11.0. The Labute approximate surface area is 216 Å². The maximum atomic E-state index is 13.8. The monoisotopic (exact) mass is 528 g/mol. The zero-order valence-corrected chi connectivity index (χ0v) is 21.8. The molecule has 0 amide bonds.